The highest BCUT2D eigenvalue weighted by Crippen LogP contribution is 2.33. The Balaban J connectivity index is 1.33. The monoisotopic (exact) mass is 424 g/mol. The van der Waals surface area contributed by atoms with Gasteiger partial charge in [-0.3, -0.25) is 4.79 Å². The van der Waals surface area contributed by atoms with E-state index in [4.69, 9.17) is 0 Å². The molecule has 1 fully saturated rings. The zero-order valence-electron chi connectivity index (χ0n) is 17.3. The van der Waals surface area contributed by atoms with Crippen LogP contribution in [-0.4, -0.2) is 31.9 Å². The summed E-state index contributed by atoms with van der Waals surface area (Å²) in [4.78, 5) is 23.2. The molecule has 0 saturated carbocycles. The third kappa shape index (κ3) is 3.07. The topological polar surface area (TPSA) is 53.9 Å². The van der Waals surface area contributed by atoms with Crippen molar-refractivity contribution in [2.24, 2.45) is 0 Å². The molecule has 0 spiro atoms. The highest BCUT2D eigenvalue weighted by molar-refractivity contribution is 5.95. The number of aromatic amines is 1. The van der Waals surface area contributed by atoms with Crippen molar-refractivity contribution in [3.63, 3.8) is 0 Å². The first kappa shape index (κ1) is 18.8. The number of imidazole rings is 1. The number of carbonyl (C=O) groups excluding carboxylic acids is 1. The van der Waals surface area contributed by atoms with Crippen LogP contribution in [0.1, 0.15) is 35.1 Å². The average Bonchev–Trinajstić information content (AvgIpc) is 3.55. The number of halogens is 1. The Hall–Kier alpha value is -3.93. The summed E-state index contributed by atoms with van der Waals surface area (Å²) in [6, 6.07) is 22.4. The number of likely N-dealkylation sites (tertiary alicyclic amines) is 1. The smallest absolute Gasteiger partial charge is 0.254 e. The maximum atomic E-state index is 13.6. The molecule has 5 aromatic rings. The number of aromatic nitrogens is 3. The highest BCUT2D eigenvalue weighted by atomic mass is 19.1. The second-order valence-electron chi connectivity index (χ2n) is 8.23. The number of amides is 1. The van der Waals surface area contributed by atoms with Gasteiger partial charge in [-0.05, 0) is 66.8 Å². The van der Waals surface area contributed by atoms with Gasteiger partial charge < -0.3 is 14.5 Å². The van der Waals surface area contributed by atoms with Crippen LogP contribution in [0.4, 0.5) is 4.39 Å². The molecule has 1 unspecified atom stereocenters. The van der Waals surface area contributed by atoms with E-state index in [0.717, 1.165) is 29.4 Å². The molecular formula is C26H21FN4O. The average molecular weight is 424 g/mol. The number of fused-ring (bicyclic) bond motifs is 2. The molecule has 158 valence electrons. The van der Waals surface area contributed by atoms with Gasteiger partial charge in [-0.2, -0.15) is 0 Å². The zero-order valence-corrected chi connectivity index (χ0v) is 17.3. The first-order valence-corrected chi connectivity index (χ1v) is 10.8. The van der Waals surface area contributed by atoms with Crippen molar-refractivity contribution < 1.29 is 9.18 Å². The maximum absolute atomic E-state index is 13.6. The zero-order chi connectivity index (χ0) is 21.7. The number of carbonyl (C=O) groups is 1. The summed E-state index contributed by atoms with van der Waals surface area (Å²) in [7, 11) is 0. The van der Waals surface area contributed by atoms with Gasteiger partial charge in [0.1, 0.15) is 11.6 Å². The van der Waals surface area contributed by atoms with E-state index in [9.17, 15) is 9.18 Å². The molecule has 1 aliphatic rings. The van der Waals surface area contributed by atoms with Crippen molar-refractivity contribution in [1.82, 2.24) is 19.4 Å². The molecule has 0 aliphatic carbocycles. The van der Waals surface area contributed by atoms with Gasteiger partial charge in [0.05, 0.1) is 22.6 Å². The lowest BCUT2D eigenvalue weighted by molar-refractivity contribution is 0.0730. The number of nitrogens with zero attached hydrogens (tertiary/aromatic N) is 3. The van der Waals surface area contributed by atoms with Crippen LogP contribution < -0.4 is 0 Å². The van der Waals surface area contributed by atoms with Gasteiger partial charge in [-0.1, -0.05) is 24.3 Å². The largest absolute Gasteiger partial charge is 0.340 e. The van der Waals surface area contributed by atoms with Crippen molar-refractivity contribution in [2.45, 2.75) is 18.9 Å². The van der Waals surface area contributed by atoms with Crippen LogP contribution in [0.25, 0.3) is 27.6 Å². The molecule has 5 nitrogen and oxygen atoms in total. The number of hydrogen-bond acceptors (Lipinski definition) is 2. The minimum Gasteiger partial charge on any atom is -0.340 e. The van der Waals surface area contributed by atoms with Crippen LogP contribution in [0.2, 0.25) is 0 Å². The number of H-pyrrole nitrogens is 1. The van der Waals surface area contributed by atoms with Gasteiger partial charge in [0.2, 0.25) is 0 Å². The lowest BCUT2D eigenvalue weighted by Gasteiger charge is -2.23. The Morgan fingerprint density at radius 1 is 1.03 bits per heavy atom. The fourth-order valence-corrected chi connectivity index (χ4v) is 4.72. The van der Waals surface area contributed by atoms with Crippen LogP contribution in [0, 0.1) is 5.82 Å². The van der Waals surface area contributed by atoms with Crippen LogP contribution in [-0.2, 0) is 0 Å². The van der Waals surface area contributed by atoms with E-state index >= 15 is 0 Å². The number of hydrogen-bond donors (Lipinski definition) is 1. The van der Waals surface area contributed by atoms with Crippen molar-refractivity contribution in [1.29, 1.82) is 0 Å². The minimum absolute atomic E-state index is 0.0163. The fourth-order valence-electron chi connectivity index (χ4n) is 4.72. The second-order valence-corrected chi connectivity index (χ2v) is 8.23. The molecule has 0 bridgehead atoms. The molecule has 1 N–H and O–H groups in total. The van der Waals surface area contributed by atoms with Gasteiger partial charge in [-0.15, -0.1) is 0 Å². The summed E-state index contributed by atoms with van der Waals surface area (Å²) in [5.74, 6) is 0.392. The predicted molar refractivity (Wildman–Crippen MR) is 122 cm³/mol. The Morgan fingerprint density at radius 2 is 1.94 bits per heavy atom. The maximum Gasteiger partial charge on any atom is 0.254 e. The van der Waals surface area contributed by atoms with Crippen LogP contribution >= 0.6 is 0 Å². The molecule has 3 aromatic carbocycles. The molecule has 6 heteroatoms. The van der Waals surface area contributed by atoms with Gasteiger partial charge in [0, 0.05) is 24.0 Å². The normalized spacial score (nSPS) is 16.3. The van der Waals surface area contributed by atoms with Crippen molar-refractivity contribution in [2.75, 3.05) is 6.54 Å². The first-order chi connectivity index (χ1) is 15.7. The van der Waals surface area contributed by atoms with Crippen molar-refractivity contribution in [3.05, 3.63) is 96.2 Å². The quantitative estimate of drug-likeness (QED) is 0.408. The number of nitrogens with one attached hydrogen (secondary N) is 1. The summed E-state index contributed by atoms with van der Waals surface area (Å²) in [6.45, 7) is 0.672. The van der Waals surface area contributed by atoms with E-state index in [-0.39, 0.29) is 17.8 Å². The Bertz CT molecular complexity index is 1470. The van der Waals surface area contributed by atoms with E-state index < -0.39 is 0 Å². The SMILES string of the molecule is O=C(c1cccc(-n2ccc3ccccc32)c1)N1CCCC1c1nc2ccc(F)cc2[nH]1. The molecule has 2 aromatic heterocycles. The standard InChI is InChI=1S/C26H21FN4O/c27-19-10-11-21-22(16-19)29-25(28-21)24-9-4-13-31(24)26(32)18-6-3-7-20(15-18)30-14-12-17-5-1-2-8-23(17)30/h1-3,5-8,10-12,14-16,24H,4,9,13H2,(H,28,29). The van der Waals surface area contributed by atoms with Gasteiger partial charge in [-0.25, -0.2) is 9.37 Å². The van der Waals surface area contributed by atoms with Crippen molar-refractivity contribution in [3.8, 4) is 5.69 Å². The lowest BCUT2D eigenvalue weighted by Crippen LogP contribution is -2.31. The highest BCUT2D eigenvalue weighted by Gasteiger charge is 2.32. The van der Waals surface area contributed by atoms with Crippen LogP contribution in [0.15, 0.2) is 79.0 Å². The molecule has 1 aliphatic heterocycles. The van der Waals surface area contributed by atoms with E-state index in [2.05, 4.69) is 32.7 Å². The Labute approximate surface area is 184 Å². The van der Waals surface area contributed by atoms with E-state index in [1.165, 1.54) is 12.1 Å². The van der Waals surface area contributed by atoms with Crippen LogP contribution in [0.5, 0.6) is 0 Å². The number of benzene rings is 3. The molecule has 3 heterocycles. The van der Waals surface area contributed by atoms with Gasteiger partial charge in [0.15, 0.2) is 0 Å². The third-order valence-electron chi connectivity index (χ3n) is 6.26. The molecule has 1 atom stereocenters. The molecule has 0 radical (unpaired) electrons. The summed E-state index contributed by atoms with van der Waals surface area (Å²) in [5.41, 5.74) is 4.06. The molecule has 1 amide bonds. The summed E-state index contributed by atoms with van der Waals surface area (Å²) in [5, 5.41) is 1.16. The molecular weight excluding hydrogens is 403 g/mol. The number of rotatable bonds is 3. The van der Waals surface area contributed by atoms with Gasteiger partial charge in [0.25, 0.3) is 5.91 Å². The predicted octanol–water partition coefficient (Wildman–Crippen LogP) is 5.62. The Morgan fingerprint density at radius 3 is 2.88 bits per heavy atom. The van der Waals surface area contributed by atoms with E-state index in [1.54, 1.807) is 6.07 Å². The first-order valence-electron chi connectivity index (χ1n) is 10.8. The van der Waals surface area contributed by atoms with Gasteiger partial charge >= 0.3 is 0 Å². The third-order valence-corrected chi connectivity index (χ3v) is 6.26. The Kier molecular flexibility index (Phi) is 4.31. The second kappa shape index (κ2) is 7.34. The number of para-hydroxylation sites is 1. The summed E-state index contributed by atoms with van der Waals surface area (Å²) in [6.07, 6.45) is 3.76. The lowest BCUT2D eigenvalue weighted by atomic mass is 10.1. The van der Waals surface area contributed by atoms with Crippen LogP contribution in [0.3, 0.4) is 0 Å². The summed E-state index contributed by atoms with van der Waals surface area (Å²) < 4.78 is 15.7. The summed E-state index contributed by atoms with van der Waals surface area (Å²) >= 11 is 0. The molecule has 6 rings (SSSR count). The van der Waals surface area contributed by atoms with Crippen molar-refractivity contribution >= 4 is 27.8 Å². The fraction of sp³-hybridized carbons (Fsp3) is 0.154. The molecule has 32 heavy (non-hydrogen) atoms. The minimum atomic E-state index is -0.304. The van der Waals surface area contributed by atoms with E-state index in [1.807, 2.05) is 47.5 Å². The van der Waals surface area contributed by atoms with E-state index in [0.29, 0.717) is 29.0 Å². The molecule has 1 saturated heterocycles.